The zero-order valence-corrected chi connectivity index (χ0v) is 18.8. The Morgan fingerprint density at radius 2 is 1.55 bits per heavy atom. The number of methoxy groups -OCH3 is 3. The number of carbonyl (C=O) groups is 1. The summed E-state index contributed by atoms with van der Waals surface area (Å²) < 4.78 is 16.3. The molecule has 172 valence electrons. The lowest BCUT2D eigenvalue weighted by Crippen LogP contribution is -2.33. The Bertz CT molecular complexity index is 1080. The van der Waals surface area contributed by atoms with Crippen LogP contribution in [0.15, 0.2) is 66.7 Å². The Labute approximate surface area is 193 Å². The highest BCUT2D eigenvalue weighted by Crippen LogP contribution is 2.40. The molecular formula is C25H28N4O4. The van der Waals surface area contributed by atoms with Gasteiger partial charge in [-0.25, -0.2) is 0 Å². The van der Waals surface area contributed by atoms with Crippen molar-refractivity contribution < 1.29 is 19.0 Å². The molecule has 3 aromatic carbocycles. The van der Waals surface area contributed by atoms with Gasteiger partial charge in [-0.1, -0.05) is 30.3 Å². The van der Waals surface area contributed by atoms with E-state index in [1.807, 2.05) is 30.3 Å². The van der Waals surface area contributed by atoms with Crippen LogP contribution in [0.4, 0.5) is 5.69 Å². The molecule has 1 atom stereocenters. The molecule has 0 aliphatic rings. The minimum atomic E-state index is -0.759. The second-order valence-electron chi connectivity index (χ2n) is 7.23. The van der Waals surface area contributed by atoms with E-state index in [1.54, 1.807) is 36.4 Å². The maximum Gasteiger partial charge on any atom is 0.247 e. The van der Waals surface area contributed by atoms with E-state index in [1.165, 1.54) is 21.3 Å². The molecule has 5 N–H and O–H groups in total. The Morgan fingerprint density at radius 3 is 2.06 bits per heavy atom. The van der Waals surface area contributed by atoms with E-state index in [4.69, 9.17) is 25.4 Å². The molecule has 1 amide bonds. The monoisotopic (exact) mass is 448 g/mol. The van der Waals surface area contributed by atoms with Crippen molar-refractivity contribution in [1.82, 2.24) is 5.32 Å². The topological polar surface area (TPSA) is 119 Å². The van der Waals surface area contributed by atoms with E-state index in [0.29, 0.717) is 40.6 Å². The summed E-state index contributed by atoms with van der Waals surface area (Å²) in [6, 6.07) is 19.4. The van der Waals surface area contributed by atoms with Crippen LogP contribution in [0.5, 0.6) is 17.2 Å². The van der Waals surface area contributed by atoms with E-state index in [9.17, 15) is 4.79 Å². The number of amidine groups is 1. The van der Waals surface area contributed by atoms with Crippen LogP contribution >= 0.6 is 0 Å². The maximum absolute atomic E-state index is 13.3. The molecule has 0 aliphatic carbocycles. The Hall–Kier alpha value is -4.20. The Balaban J connectivity index is 1.95. The van der Waals surface area contributed by atoms with Gasteiger partial charge >= 0.3 is 0 Å². The number of ether oxygens (including phenoxy) is 3. The number of hydrogen-bond donors (Lipinski definition) is 4. The van der Waals surface area contributed by atoms with Crippen LogP contribution in [0.3, 0.4) is 0 Å². The predicted octanol–water partition coefficient (Wildman–Crippen LogP) is 3.47. The number of amides is 1. The summed E-state index contributed by atoms with van der Waals surface area (Å²) in [5.74, 6) is 1.08. The highest BCUT2D eigenvalue weighted by Gasteiger charge is 2.24. The van der Waals surface area contributed by atoms with Gasteiger partial charge in [-0.15, -0.1) is 0 Å². The fourth-order valence-corrected chi connectivity index (χ4v) is 3.37. The molecule has 0 aromatic heterocycles. The van der Waals surface area contributed by atoms with Gasteiger partial charge in [0.1, 0.15) is 11.9 Å². The van der Waals surface area contributed by atoms with E-state index >= 15 is 0 Å². The summed E-state index contributed by atoms with van der Waals surface area (Å²) in [6.07, 6.45) is 0. The van der Waals surface area contributed by atoms with Crippen molar-refractivity contribution in [2.75, 3.05) is 26.6 Å². The first kappa shape index (κ1) is 23.5. The van der Waals surface area contributed by atoms with Gasteiger partial charge in [0.2, 0.25) is 11.7 Å². The lowest BCUT2D eigenvalue weighted by atomic mass is 10.0. The number of carbonyl (C=O) groups excluding carboxylic acids is 1. The van der Waals surface area contributed by atoms with Crippen molar-refractivity contribution in [2.24, 2.45) is 5.73 Å². The number of nitrogen functional groups attached to an aromatic ring is 1. The summed E-state index contributed by atoms with van der Waals surface area (Å²) >= 11 is 0. The fraction of sp³-hybridized carbons (Fsp3) is 0.200. The second-order valence-corrected chi connectivity index (χ2v) is 7.23. The maximum atomic E-state index is 13.3. The molecule has 0 aliphatic heterocycles. The van der Waals surface area contributed by atoms with E-state index < -0.39 is 6.04 Å². The zero-order valence-electron chi connectivity index (χ0n) is 18.8. The van der Waals surface area contributed by atoms with Gasteiger partial charge in [0, 0.05) is 17.8 Å². The summed E-state index contributed by atoms with van der Waals surface area (Å²) in [4.78, 5) is 13.3. The smallest absolute Gasteiger partial charge is 0.247 e. The van der Waals surface area contributed by atoms with Gasteiger partial charge < -0.3 is 30.6 Å². The summed E-state index contributed by atoms with van der Waals surface area (Å²) in [5.41, 5.74) is 8.45. The lowest BCUT2D eigenvalue weighted by Gasteiger charge is -2.22. The van der Waals surface area contributed by atoms with Crippen molar-refractivity contribution in [2.45, 2.75) is 12.6 Å². The van der Waals surface area contributed by atoms with Crippen LogP contribution in [0.1, 0.15) is 22.7 Å². The predicted molar refractivity (Wildman–Crippen MR) is 128 cm³/mol. The first-order valence-electron chi connectivity index (χ1n) is 10.3. The lowest BCUT2D eigenvalue weighted by molar-refractivity contribution is -0.122. The summed E-state index contributed by atoms with van der Waals surface area (Å²) in [5, 5.41) is 13.8. The van der Waals surface area contributed by atoms with Crippen LogP contribution in [0.25, 0.3) is 0 Å². The molecule has 8 nitrogen and oxygen atoms in total. The van der Waals surface area contributed by atoms with Crippen LogP contribution in [0, 0.1) is 5.41 Å². The van der Waals surface area contributed by atoms with Gasteiger partial charge in [0.05, 0.1) is 21.3 Å². The number of nitrogens with one attached hydrogen (secondary N) is 3. The first-order valence-corrected chi connectivity index (χ1v) is 10.3. The SMILES string of the molecule is COc1cc(C(Nc2ccc(C(=N)N)cc2)C(=O)NCc2ccccc2)cc(OC)c1OC. The normalized spacial score (nSPS) is 11.2. The van der Waals surface area contributed by atoms with Crippen molar-refractivity contribution >= 4 is 17.4 Å². The first-order chi connectivity index (χ1) is 16.0. The van der Waals surface area contributed by atoms with E-state index in [-0.39, 0.29) is 11.7 Å². The Morgan fingerprint density at radius 1 is 0.939 bits per heavy atom. The molecule has 3 rings (SSSR count). The van der Waals surface area contributed by atoms with Gasteiger partial charge in [-0.2, -0.15) is 0 Å². The van der Waals surface area contributed by atoms with Crippen LogP contribution in [0.2, 0.25) is 0 Å². The number of anilines is 1. The number of benzene rings is 3. The van der Waals surface area contributed by atoms with Gasteiger partial charge in [-0.05, 0) is 47.5 Å². The Kier molecular flexibility index (Phi) is 7.75. The van der Waals surface area contributed by atoms with Crippen molar-refractivity contribution in [3.05, 3.63) is 83.4 Å². The largest absolute Gasteiger partial charge is 0.493 e. The molecule has 3 aromatic rings. The van der Waals surface area contributed by atoms with Crippen LogP contribution in [-0.2, 0) is 11.3 Å². The third kappa shape index (κ3) is 5.74. The van der Waals surface area contributed by atoms with Gasteiger partial charge in [0.25, 0.3) is 0 Å². The van der Waals surface area contributed by atoms with E-state index in [2.05, 4.69) is 10.6 Å². The third-order valence-corrected chi connectivity index (χ3v) is 5.10. The molecule has 8 heteroatoms. The molecule has 1 unspecified atom stereocenters. The van der Waals surface area contributed by atoms with Crippen LogP contribution in [-0.4, -0.2) is 33.1 Å². The minimum absolute atomic E-state index is 0.0247. The van der Waals surface area contributed by atoms with Crippen molar-refractivity contribution in [3.8, 4) is 17.2 Å². The molecule has 33 heavy (non-hydrogen) atoms. The van der Waals surface area contributed by atoms with Gasteiger partial charge in [0.15, 0.2) is 11.5 Å². The molecule has 0 radical (unpaired) electrons. The molecule has 0 spiro atoms. The summed E-state index contributed by atoms with van der Waals surface area (Å²) in [7, 11) is 4.58. The number of rotatable bonds is 10. The second kappa shape index (κ2) is 10.9. The average molecular weight is 449 g/mol. The average Bonchev–Trinajstić information content (AvgIpc) is 2.85. The van der Waals surface area contributed by atoms with Crippen molar-refractivity contribution in [3.63, 3.8) is 0 Å². The van der Waals surface area contributed by atoms with E-state index in [0.717, 1.165) is 5.56 Å². The quantitative estimate of drug-likeness (QED) is 0.279. The fourth-order valence-electron chi connectivity index (χ4n) is 3.37. The molecule has 0 saturated heterocycles. The number of hydrogen-bond acceptors (Lipinski definition) is 6. The zero-order chi connectivity index (χ0) is 23.8. The van der Waals surface area contributed by atoms with Crippen LogP contribution < -0.4 is 30.6 Å². The number of nitrogens with two attached hydrogens (primary N) is 1. The minimum Gasteiger partial charge on any atom is -0.493 e. The molecular weight excluding hydrogens is 420 g/mol. The molecule has 0 saturated carbocycles. The molecule has 0 fully saturated rings. The van der Waals surface area contributed by atoms with Gasteiger partial charge in [-0.3, -0.25) is 10.2 Å². The molecule has 0 bridgehead atoms. The standard InChI is InChI=1S/C25H28N4O4/c1-31-20-13-18(14-21(32-2)23(20)33-3)22(25(30)28-15-16-7-5-4-6-8-16)29-19-11-9-17(10-12-19)24(26)27/h4-14,22,29H,15H2,1-3H3,(H3,26,27)(H,28,30). The summed E-state index contributed by atoms with van der Waals surface area (Å²) in [6.45, 7) is 0.381. The third-order valence-electron chi connectivity index (χ3n) is 5.10. The highest BCUT2D eigenvalue weighted by molar-refractivity contribution is 5.95. The highest BCUT2D eigenvalue weighted by atomic mass is 16.5. The molecule has 0 heterocycles. The van der Waals surface area contributed by atoms with Crippen molar-refractivity contribution in [1.29, 1.82) is 5.41 Å².